The van der Waals surface area contributed by atoms with Crippen LogP contribution in [0.3, 0.4) is 0 Å². The van der Waals surface area contributed by atoms with Crippen molar-refractivity contribution in [2.75, 3.05) is 20.4 Å². The maximum atomic E-state index is 12.4. The summed E-state index contributed by atoms with van der Waals surface area (Å²) in [6.45, 7) is 1.88. The fourth-order valence-corrected chi connectivity index (χ4v) is 2.20. The third-order valence-corrected chi connectivity index (χ3v) is 3.53. The Morgan fingerprint density at radius 1 is 1.25 bits per heavy atom. The van der Waals surface area contributed by atoms with Crippen molar-refractivity contribution in [2.45, 2.75) is 45.1 Å². The number of carbonyl (C=O) groups excluding carboxylic acids is 2. The minimum atomic E-state index is -0.662. The number of rotatable bonds is 11. The molecule has 0 aliphatic rings. The van der Waals surface area contributed by atoms with Crippen LogP contribution in [0.4, 0.5) is 4.39 Å². The zero-order valence-electron chi connectivity index (χ0n) is 14.3. The highest BCUT2D eigenvalue weighted by atomic mass is 19.1. The van der Waals surface area contributed by atoms with Crippen LogP contribution in [-0.4, -0.2) is 38.3 Å². The van der Waals surface area contributed by atoms with E-state index in [1.807, 2.05) is 0 Å². The van der Waals surface area contributed by atoms with E-state index in [4.69, 9.17) is 9.47 Å². The van der Waals surface area contributed by atoms with Gasteiger partial charge in [0, 0.05) is 12.0 Å². The van der Waals surface area contributed by atoms with E-state index in [-0.39, 0.29) is 12.5 Å². The van der Waals surface area contributed by atoms with Gasteiger partial charge in [-0.15, -0.1) is 0 Å². The van der Waals surface area contributed by atoms with Crippen LogP contribution in [0, 0.1) is 0 Å². The Labute approximate surface area is 142 Å². The molecule has 0 saturated heterocycles. The van der Waals surface area contributed by atoms with Gasteiger partial charge in [0.1, 0.15) is 11.8 Å². The lowest BCUT2D eigenvalue weighted by Crippen LogP contribution is -2.41. The van der Waals surface area contributed by atoms with Crippen molar-refractivity contribution in [3.8, 4) is 5.75 Å². The predicted molar refractivity (Wildman–Crippen MR) is 89.9 cm³/mol. The Hall–Kier alpha value is -2.11. The number of unbranched alkanes of at least 4 members (excludes halogenated alkanes) is 2. The molecule has 0 saturated carbocycles. The van der Waals surface area contributed by atoms with Crippen molar-refractivity contribution >= 4 is 11.9 Å². The van der Waals surface area contributed by atoms with E-state index in [9.17, 15) is 14.0 Å². The Kier molecular flexibility index (Phi) is 9.49. The summed E-state index contributed by atoms with van der Waals surface area (Å²) in [4.78, 5) is 24.2. The summed E-state index contributed by atoms with van der Waals surface area (Å²) in [6, 6.07) is 5.94. The molecule has 134 valence electrons. The number of amides is 1. The van der Waals surface area contributed by atoms with Crippen LogP contribution >= 0.6 is 0 Å². The molecule has 0 aliphatic heterocycles. The van der Waals surface area contributed by atoms with Gasteiger partial charge in [0.2, 0.25) is 0 Å². The number of nitrogens with one attached hydrogen (secondary N) is 1. The Balaban J connectivity index is 2.68. The number of hydrogen-bond donors (Lipinski definition) is 1. The van der Waals surface area contributed by atoms with Crippen LogP contribution in [0.25, 0.3) is 0 Å². The molecule has 0 heterocycles. The smallest absolute Gasteiger partial charge is 0.328 e. The van der Waals surface area contributed by atoms with Crippen LogP contribution < -0.4 is 10.1 Å². The van der Waals surface area contributed by atoms with Crippen molar-refractivity contribution in [1.29, 1.82) is 0 Å². The molecule has 0 fully saturated rings. The van der Waals surface area contributed by atoms with Crippen LogP contribution in [-0.2, 0) is 9.53 Å². The van der Waals surface area contributed by atoms with Gasteiger partial charge < -0.3 is 14.8 Å². The molecule has 1 amide bonds. The van der Waals surface area contributed by atoms with Crippen molar-refractivity contribution in [1.82, 2.24) is 5.32 Å². The summed E-state index contributed by atoms with van der Waals surface area (Å²) in [5.41, 5.74) is 0.386. The molecule has 0 spiro atoms. The van der Waals surface area contributed by atoms with E-state index < -0.39 is 18.7 Å². The van der Waals surface area contributed by atoms with Crippen molar-refractivity contribution in [3.05, 3.63) is 29.8 Å². The number of alkyl halides is 1. The first kappa shape index (κ1) is 19.9. The minimum Gasteiger partial charge on any atom is -0.493 e. The van der Waals surface area contributed by atoms with Crippen LogP contribution in [0.2, 0.25) is 0 Å². The van der Waals surface area contributed by atoms with Crippen LogP contribution in [0.1, 0.15) is 49.4 Å². The van der Waals surface area contributed by atoms with Crippen molar-refractivity contribution in [2.24, 2.45) is 0 Å². The average Bonchev–Trinajstić information content (AvgIpc) is 2.60. The highest BCUT2D eigenvalue weighted by Crippen LogP contribution is 2.14. The second kappa shape index (κ2) is 11.4. The number of halogens is 1. The molecule has 6 heteroatoms. The molecule has 1 aromatic rings. The molecule has 1 rings (SSSR count). The average molecular weight is 339 g/mol. The summed E-state index contributed by atoms with van der Waals surface area (Å²) in [7, 11) is 1.31. The van der Waals surface area contributed by atoms with Crippen molar-refractivity contribution < 1.29 is 23.5 Å². The van der Waals surface area contributed by atoms with Gasteiger partial charge in [0.25, 0.3) is 5.91 Å². The van der Waals surface area contributed by atoms with E-state index in [1.165, 1.54) is 7.11 Å². The Morgan fingerprint density at radius 2 is 2.04 bits per heavy atom. The highest BCUT2D eigenvalue weighted by molar-refractivity contribution is 5.97. The van der Waals surface area contributed by atoms with E-state index in [0.29, 0.717) is 24.2 Å². The summed E-state index contributed by atoms with van der Waals surface area (Å²) in [5.74, 6) is -0.315. The van der Waals surface area contributed by atoms with Gasteiger partial charge in [0.15, 0.2) is 0 Å². The van der Waals surface area contributed by atoms with Gasteiger partial charge in [0.05, 0.1) is 20.4 Å². The molecule has 0 bridgehead atoms. The number of ether oxygens (including phenoxy) is 2. The molecular formula is C18H26FNO4. The lowest BCUT2D eigenvalue weighted by Gasteiger charge is -2.16. The number of esters is 1. The molecule has 0 aromatic heterocycles. The highest BCUT2D eigenvalue weighted by Gasteiger charge is 2.21. The van der Waals surface area contributed by atoms with Gasteiger partial charge >= 0.3 is 5.97 Å². The SMILES string of the molecule is CCCCC[C@H](NC(=O)c1cccc(OCCCF)c1)C(=O)OC. The number of hydrogen-bond acceptors (Lipinski definition) is 4. The number of methoxy groups -OCH3 is 1. The first-order chi connectivity index (χ1) is 11.6. The zero-order valence-corrected chi connectivity index (χ0v) is 14.3. The minimum absolute atomic E-state index is 0.253. The first-order valence-corrected chi connectivity index (χ1v) is 8.29. The number of carbonyl (C=O) groups is 2. The van der Waals surface area contributed by atoms with E-state index in [1.54, 1.807) is 24.3 Å². The van der Waals surface area contributed by atoms with Crippen molar-refractivity contribution in [3.63, 3.8) is 0 Å². The van der Waals surface area contributed by atoms with Crippen LogP contribution in [0.5, 0.6) is 5.75 Å². The monoisotopic (exact) mass is 339 g/mol. The fourth-order valence-electron chi connectivity index (χ4n) is 2.20. The first-order valence-electron chi connectivity index (χ1n) is 8.29. The topological polar surface area (TPSA) is 64.6 Å². The molecule has 5 nitrogen and oxygen atoms in total. The molecule has 1 N–H and O–H groups in total. The van der Waals surface area contributed by atoms with E-state index >= 15 is 0 Å². The summed E-state index contributed by atoms with van der Waals surface area (Å²) in [5, 5.41) is 2.71. The Morgan fingerprint density at radius 3 is 2.71 bits per heavy atom. The lowest BCUT2D eigenvalue weighted by atomic mass is 10.1. The molecule has 0 aliphatic carbocycles. The third-order valence-electron chi connectivity index (χ3n) is 3.53. The van der Waals surface area contributed by atoms with Gasteiger partial charge in [-0.1, -0.05) is 32.3 Å². The van der Waals surface area contributed by atoms with Gasteiger partial charge in [-0.25, -0.2) is 4.79 Å². The molecule has 0 radical (unpaired) electrons. The Bertz CT molecular complexity index is 521. The molecular weight excluding hydrogens is 313 g/mol. The maximum absolute atomic E-state index is 12.4. The summed E-state index contributed by atoms with van der Waals surface area (Å²) >= 11 is 0. The molecule has 0 unspecified atom stereocenters. The lowest BCUT2D eigenvalue weighted by molar-refractivity contribution is -0.143. The maximum Gasteiger partial charge on any atom is 0.328 e. The molecule has 1 atom stereocenters. The third kappa shape index (κ3) is 6.98. The second-order valence-electron chi connectivity index (χ2n) is 5.46. The summed E-state index contributed by atoms with van der Waals surface area (Å²) < 4.78 is 22.2. The van der Waals surface area contributed by atoms with Gasteiger partial charge in [-0.05, 0) is 24.6 Å². The van der Waals surface area contributed by atoms with Gasteiger partial charge in [-0.3, -0.25) is 9.18 Å². The quantitative estimate of drug-likeness (QED) is 0.496. The van der Waals surface area contributed by atoms with Gasteiger partial charge in [-0.2, -0.15) is 0 Å². The second-order valence-corrected chi connectivity index (χ2v) is 5.46. The summed E-state index contributed by atoms with van der Waals surface area (Å²) in [6.07, 6.45) is 3.70. The molecule has 1 aromatic carbocycles. The van der Waals surface area contributed by atoms with E-state index in [0.717, 1.165) is 19.3 Å². The largest absolute Gasteiger partial charge is 0.493 e. The number of benzene rings is 1. The van der Waals surface area contributed by atoms with Crippen LogP contribution in [0.15, 0.2) is 24.3 Å². The standard InChI is InChI=1S/C18H26FNO4/c1-3-4-5-10-16(18(22)23-2)20-17(21)14-8-6-9-15(13-14)24-12-7-11-19/h6,8-9,13,16H,3-5,7,10-12H2,1-2H3,(H,20,21)/t16-/m0/s1. The zero-order chi connectivity index (χ0) is 17.8. The predicted octanol–water partition coefficient (Wildman–Crippen LogP) is 3.28. The molecule has 24 heavy (non-hydrogen) atoms. The fraction of sp³-hybridized carbons (Fsp3) is 0.556. The van der Waals surface area contributed by atoms with E-state index in [2.05, 4.69) is 12.2 Å². The normalized spacial score (nSPS) is 11.6.